The van der Waals surface area contributed by atoms with Crippen LogP contribution in [0.4, 0.5) is 0 Å². The van der Waals surface area contributed by atoms with E-state index >= 15 is 0 Å². The summed E-state index contributed by atoms with van der Waals surface area (Å²) >= 11 is 13.0. The van der Waals surface area contributed by atoms with Crippen LogP contribution in [0.1, 0.15) is 27.7 Å². The molecule has 0 aliphatic carbocycles. The predicted octanol–water partition coefficient (Wildman–Crippen LogP) is 3.39. The summed E-state index contributed by atoms with van der Waals surface area (Å²) in [6.45, 7) is 8.25. The van der Waals surface area contributed by atoms with Crippen molar-refractivity contribution < 1.29 is 0 Å². The summed E-state index contributed by atoms with van der Waals surface area (Å²) in [5, 5.41) is 0. The first-order valence-corrected chi connectivity index (χ1v) is 5.92. The minimum absolute atomic E-state index is 0.167. The van der Waals surface area contributed by atoms with E-state index in [-0.39, 0.29) is 4.75 Å². The monoisotopic (exact) mass is 239 g/mol. The van der Waals surface area contributed by atoms with Gasteiger partial charge in [-0.25, -0.2) is 0 Å². The maximum Gasteiger partial charge on any atom is 0.144 e. The second kappa shape index (κ2) is 5.42. The van der Waals surface area contributed by atoms with E-state index in [2.05, 4.69) is 25.5 Å². The molecule has 0 aromatic carbocycles. The van der Waals surface area contributed by atoms with Gasteiger partial charge in [0.2, 0.25) is 0 Å². The van der Waals surface area contributed by atoms with Gasteiger partial charge in [-0.2, -0.15) is 0 Å². The summed E-state index contributed by atoms with van der Waals surface area (Å²) < 4.78 is 4.82. The standard InChI is InChI=1S/C7H13NS4/c1-5(9)12-8-6(10)11-7(2,3)4/h1-4H3,(H,8,10). The van der Waals surface area contributed by atoms with Crippen LogP contribution in [0.15, 0.2) is 0 Å². The topological polar surface area (TPSA) is 12.0 Å². The van der Waals surface area contributed by atoms with Crippen molar-refractivity contribution in [1.29, 1.82) is 0 Å². The Morgan fingerprint density at radius 2 is 1.75 bits per heavy atom. The highest BCUT2D eigenvalue weighted by atomic mass is 32.2. The van der Waals surface area contributed by atoms with Gasteiger partial charge in [0.15, 0.2) is 0 Å². The van der Waals surface area contributed by atoms with E-state index in [4.69, 9.17) is 24.4 Å². The fraction of sp³-hybridized carbons (Fsp3) is 0.714. The van der Waals surface area contributed by atoms with Crippen LogP contribution in [-0.2, 0) is 0 Å². The normalized spacial score (nSPS) is 11.0. The zero-order valence-corrected chi connectivity index (χ0v) is 10.9. The summed E-state index contributed by atoms with van der Waals surface area (Å²) in [7, 11) is 0. The zero-order chi connectivity index (χ0) is 9.78. The van der Waals surface area contributed by atoms with E-state index < -0.39 is 0 Å². The molecule has 1 nitrogen and oxygen atoms in total. The summed E-state index contributed by atoms with van der Waals surface area (Å²) in [5.41, 5.74) is 0. The van der Waals surface area contributed by atoms with Gasteiger partial charge >= 0.3 is 0 Å². The Hall–Kier alpha value is 0.680. The molecule has 0 atom stereocenters. The molecule has 0 aliphatic heterocycles. The third kappa shape index (κ3) is 8.77. The summed E-state index contributed by atoms with van der Waals surface area (Å²) in [4.78, 5) is 0. The Bertz CT molecular complexity index is 182. The van der Waals surface area contributed by atoms with Gasteiger partial charge in [-0.05, 0) is 18.9 Å². The van der Waals surface area contributed by atoms with E-state index in [1.165, 1.54) is 11.9 Å². The van der Waals surface area contributed by atoms with Crippen LogP contribution in [-0.4, -0.2) is 13.3 Å². The molecule has 5 heteroatoms. The number of hydrogen-bond donors (Lipinski definition) is 1. The molecule has 0 fully saturated rings. The van der Waals surface area contributed by atoms with Crippen molar-refractivity contribution >= 4 is 56.7 Å². The molecule has 12 heavy (non-hydrogen) atoms. The van der Waals surface area contributed by atoms with Crippen LogP contribution < -0.4 is 4.72 Å². The fourth-order valence-corrected chi connectivity index (χ4v) is 2.49. The maximum absolute atomic E-state index is 5.09. The molecule has 0 saturated carbocycles. The lowest BCUT2D eigenvalue weighted by Crippen LogP contribution is -2.18. The molecule has 0 aromatic rings. The molecule has 0 amide bonds. The number of hydrogen-bond acceptors (Lipinski definition) is 4. The molecule has 0 aliphatic rings. The van der Waals surface area contributed by atoms with Gasteiger partial charge in [-0.15, -0.1) is 0 Å². The van der Waals surface area contributed by atoms with Crippen molar-refractivity contribution in [2.75, 3.05) is 0 Å². The minimum atomic E-state index is 0.167. The highest BCUT2D eigenvalue weighted by Gasteiger charge is 2.13. The molecule has 0 unspecified atom stereocenters. The third-order valence-electron chi connectivity index (χ3n) is 0.677. The third-order valence-corrected chi connectivity index (χ3v) is 3.03. The first kappa shape index (κ1) is 12.7. The Balaban J connectivity index is 3.68. The first-order chi connectivity index (χ1) is 5.31. The molecule has 0 bridgehead atoms. The van der Waals surface area contributed by atoms with Crippen LogP contribution in [0.5, 0.6) is 0 Å². The highest BCUT2D eigenvalue weighted by Crippen LogP contribution is 2.24. The van der Waals surface area contributed by atoms with Gasteiger partial charge in [0.1, 0.15) is 4.32 Å². The molecular formula is C7H13NS4. The number of nitrogens with one attached hydrogen (secondary N) is 1. The average Bonchev–Trinajstić information content (AvgIpc) is 1.79. The van der Waals surface area contributed by atoms with Gasteiger partial charge in [0.05, 0.1) is 4.20 Å². The lowest BCUT2D eigenvalue weighted by atomic mass is 10.3. The minimum Gasteiger partial charge on any atom is -0.311 e. The molecule has 0 rings (SSSR count). The molecule has 0 saturated heterocycles. The van der Waals surface area contributed by atoms with Crippen molar-refractivity contribution in [2.45, 2.75) is 32.4 Å². The van der Waals surface area contributed by atoms with Gasteiger partial charge in [0, 0.05) is 4.75 Å². The number of thioether (sulfide) groups is 1. The van der Waals surface area contributed by atoms with Gasteiger partial charge < -0.3 is 4.72 Å². The van der Waals surface area contributed by atoms with Crippen LogP contribution in [0.3, 0.4) is 0 Å². The van der Waals surface area contributed by atoms with Crippen LogP contribution in [0, 0.1) is 0 Å². The largest absolute Gasteiger partial charge is 0.311 e. The molecule has 0 radical (unpaired) electrons. The fourth-order valence-electron chi connectivity index (χ4n) is 0.412. The highest BCUT2D eigenvalue weighted by molar-refractivity contribution is 8.28. The van der Waals surface area contributed by atoms with Gasteiger partial charge in [-0.3, -0.25) is 0 Å². The Labute approximate surface area is 93.6 Å². The Morgan fingerprint density at radius 3 is 2.08 bits per heavy atom. The second-order valence-corrected chi connectivity index (χ2v) is 7.59. The van der Waals surface area contributed by atoms with E-state index in [0.29, 0.717) is 0 Å². The first-order valence-electron chi connectivity index (χ1n) is 3.47. The van der Waals surface area contributed by atoms with E-state index in [0.717, 1.165) is 8.52 Å². The summed E-state index contributed by atoms with van der Waals surface area (Å²) in [5.74, 6) is 0. The van der Waals surface area contributed by atoms with E-state index in [9.17, 15) is 0 Å². The van der Waals surface area contributed by atoms with Crippen LogP contribution in [0.25, 0.3) is 0 Å². The predicted molar refractivity (Wildman–Crippen MR) is 68.9 cm³/mol. The van der Waals surface area contributed by atoms with Gasteiger partial charge in [-0.1, -0.05) is 57.0 Å². The van der Waals surface area contributed by atoms with E-state index in [1.54, 1.807) is 11.8 Å². The van der Waals surface area contributed by atoms with Crippen LogP contribution in [0.2, 0.25) is 0 Å². The van der Waals surface area contributed by atoms with E-state index in [1.807, 2.05) is 6.92 Å². The average molecular weight is 239 g/mol. The zero-order valence-electron chi connectivity index (χ0n) is 7.63. The smallest absolute Gasteiger partial charge is 0.144 e. The van der Waals surface area contributed by atoms with Crippen molar-refractivity contribution in [3.63, 3.8) is 0 Å². The summed E-state index contributed by atoms with van der Waals surface area (Å²) in [6.07, 6.45) is 0. The molecular weight excluding hydrogens is 226 g/mol. The summed E-state index contributed by atoms with van der Waals surface area (Å²) in [6, 6.07) is 0. The SMILES string of the molecule is CC(=S)SNC(=S)SC(C)(C)C. The second-order valence-electron chi connectivity index (χ2n) is 3.20. The van der Waals surface area contributed by atoms with Crippen LogP contribution >= 0.6 is 48.1 Å². The van der Waals surface area contributed by atoms with Crippen molar-refractivity contribution in [1.82, 2.24) is 4.72 Å². The van der Waals surface area contributed by atoms with Crippen molar-refractivity contribution in [3.8, 4) is 0 Å². The maximum atomic E-state index is 5.09. The molecule has 0 spiro atoms. The molecule has 0 aromatic heterocycles. The molecule has 70 valence electrons. The van der Waals surface area contributed by atoms with Crippen molar-refractivity contribution in [2.24, 2.45) is 0 Å². The number of thiocarbonyl (C=S) groups is 2. The molecule has 1 N–H and O–H groups in total. The van der Waals surface area contributed by atoms with Gasteiger partial charge in [0.25, 0.3) is 0 Å². The van der Waals surface area contributed by atoms with Crippen molar-refractivity contribution in [3.05, 3.63) is 0 Å². The lowest BCUT2D eigenvalue weighted by molar-refractivity contribution is 0.809. The quantitative estimate of drug-likeness (QED) is 0.512. The Morgan fingerprint density at radius 1 is 1.25 bits per heavy atom. The molecule has 0 heterocycles. The number of rotatable bonds is 0. The Kier molecular flexibility index (Phi) is 5.73. The lowest BCUT2D eigenvalue weighted by Gasteiger charge is -2.17.